The van der Waals surface area contributed by atoms with Crippen LogP contribution < -0.4 is 11.1 Å². The Balaban J connectivity index is 0.00000200. The third-order valence-electron chi connectivity index (χ3n) is 4.46. The number of halogens is 2. The number of carbonyl (C=O) groups is 1. The predicted octanol–water partition coefficient (Wildman–Crippen LogP) is 1.33. The summed E-state index contributed by atoms with van der Waals surface area (Å²) in [6.45, 7) is 6.23. The van der Waals surface area contributed by atoms with E-state index in [4.69, 9.17) is 10.5 Å². The number of amides is 1. The highest BCUT2D eigenvalue weighted by atomic mass is 35.5. The van der Waals surface area contributed by atoms with Crippen molar-refractivity contribution >= 4 is 30.7 Å². The number of nitrogens with one attached hydrogen (secondary N) is 1. The molecule has 21 heavy (non-hydrogen) atoms. The van der Waals surface area contributed by atoms with Gasteiger partial charge in [-0.2, -0.15) is 0 Å². The molecule has 0 radical (unpaired) electrons. The van der Waals surface area contributed by atoms with E-state index in [-0.39, 0.29) is 30.7 Å². The van der Waals surface area contributed by atoms with Gasteiger partial charge in [-0.15, -0.1) is 24.8 Å². The fourth-order valence-electron chi connectivity index (χ4n) is 2.94. The largest absolute Gasteiger partial charge is 0.381 e. The lowest BCUT2D eigenvalue weighted by molar-refractivity contribution is -0.129. The summed E-state index contributed by atoms with van der Waals surface area (Å²) in [5.41, 5.74) is 5.43. The molecular formula is C14H29Cl2N3O2. The van der Waals surface area contributed by atoms with Crippen molar-refractivity contribution in [2.75, 3.05) is 32.8 Å². The highest BCUT2D eigenvalue weighted by molar-refractivity contribution is 5.86. The van der Waals surface area contributed by atoms with Crippen molar-refractivity contribution in [2.45, 2.75) is 50.6 Å². The molecule has 2 aliphatic heterocycles. The van der Waals surface area contributed by atoms with Crippen LogP contribution in [0.1, 0.15) is 39.0 Å². The van der Waals surface area contributed by atoms with Crippen molar-refractivity contribution in [3.63, 3.8) is 0 Å². The first-order valence-corrected chi connectivity index (χ1v) is 7.51. The lowest BCUT2D eigenvalue weighted by Gasteiger charge is -2.34. The van der Waals surface area contributed by atoms with Gasteiger partial charge < -0.3 is 15.8 Å². The molecule has 0 aliphatic carbocycles. The Kier molecular flexibility index (Phi) is 9.81. The molecule has 2 fully saturated rings. The minimum absolute atomic E-state index is 0. The first kappa shape index (κ1) is 20.9. The molecule has 2 rings (SSSR count). The molecule has 0 spiro atoms. The lowest BCUT2D eigenvalue weighted by Crippen LogP contribution is -2.57. The van der Waals surface area contributed by atoms with Crippen LogP contribution in [0.15, 0.2) is 0 Å². The topological polar surface area (TPSA) is 67.6 Å². The minimum atomic E-state index is -0.717. The number of hydrogen-bond acceptors (Lipinski definition) is 4. The van der Waals surface area contributed by atoms with Gasteiger partial charge in [0, 0.05) is 32.3 Å². The van der Waals surface area contributed by atoms with Gasteiger partial charge in [0.05, 0.1) is 5.54 Å². The summed E-state index contributed by atoms with van der Waals surface area (Å²) in [6.07, 6.45) is 5.12. The smallest absolute Gasteiger partial charge is 0.240 e. The van der Waals surface area contributed by atoms with Crippen LogP contribution in [-0.4, -0.2) is 55.2 Å². The maximum Gasteiger partial charge on any atom is 0.240 e. The minimum Gasteiger partial charge on any atom is -0.381 e. The van der Waals surface area contributed by atoms with E-state index in [1.165, 1.54) is 19.3 Å². The molecule has 0 saturated carbocycles. The van der Waals surface area contributed by atoms with Crippen LogP contribution in [0, 0.1) is 0 Å². The molecule has 126 valence electrons. The molecule has 2 aliphatic rings. The van der Waals surface area contributed by atoms with Gasteiger partial charge in [0.1, 0.15) is 0 Å². The van der Waals surface area contributed by atoms with Crippen LogP contribution in [0.25, 0.3) is 0 Å². The van der Waals surface area contributed by atoms with Crippen molar-refractivity contribution in [3.05, 3.63) is 0 Å². The molecule has 5 nitrogen and oxygen atoms in total. The van der Waals surface area contributed by atoms with Crippen molar-refractivity contribution in [2.24, 2.45) is 5.73 Å². The molecule has 3 N–H and O–H groups in total. The van der Waals surface area contributed by atoms with Crippen molar-refractivity contribution < 1.29 is 9.53 Å². The van der Waals surface area contributed by atoms with Gasteiger partial charge in [0.2, 0.25) is 5.91 Å². The van der Waals surface area contributed by atoms with Crippen LogP contribution in [0.3, 0.4) is 0 Å². The summed E-state index contributed by atoms with van der Waals surface area (Å²) in [4.78, 5) is 14.6. The Labute approximate surface area is 140 Å². The maximum atomic E-state index is 12.1. The van der Waals surface area contributed by atoms with Crippen LogP contribution >= 0.6 is 24.8 Å². The molecule has 0 aromatic rings. The zero-order valence-corrected chi connectivity index (χ0v) is 14.4. The Morgan fingerprint density at radius 1 is 1.33 bits per heavy atom. The van der Waals surface area contributed by atoms with Crippen LogP contribution in [0.4, 0.5) is 0 Å². The number of nitrogens with two attached hydrogens (primary N) is 1. The van der Waals surface area contributed by atoms with Crippen molar-refractivity contribution in [1.82, 2.24) is 10.2 Å². The van der Waals surface area contributed by atoms with Crippen LogP contribution in [0.5, 0.6) is 0 Å². The Hall–Kier alpha value is -0.0700. The number of ether oxygens (including phenoxy) is 1. The fourth-order valence-corrected chi connectivity index (χ4v) is 2.94. The highest BCUT2D eigenvalue weighted by Gasteiger charge is 2.35. The van der Waals surface area contributed by atoms with Crippen LogP contribution in [0.2, 0.25) is 0 Å². The summed E-state index contributed by atoms with van der Waals surface area (Å²) in [7, 11) is 0. The first-order chi connectivity index (χ1) is 9.12. The number of rotatable bonds is 4. The molecule has 0 aromatic heterocycles. The van der Waals surface area contributed by atoms with Gasteiger partial charge in [-0.3, -0.25) is 9.69 Å². The number of piperidine rings is 1. The van der Waals surface area contributed by atoms with E-state index in [0.717, 1.165) is 13.1 Å². The fraction of sp³-hybridized carbons (Fsp3) is 0.929. The van der Waals surface area contributed by atoms with Crippen LogP contribution in [-0.2, 0) is 9.53 Å². The second-order valence-electron chi connectivity index (χ2n) is 5.91. The molecule has 0 bridgehead atoms. The molecule has 1 atom stereocenters. The lowest BCUT2D eigenvalue weighted by atomic mass is 9.90. The third-order valence-corrected chi connectivity index (χ3v) is 4.46. The Bertz CT molecular complexity index is 313. The number of nitrogens with zero attached hydrogens (tertiary/aromatic N) is 1. The summed E-state index contributed by atoms with van der Waals surface area (Å²) in [5.74, 6) is -0.0135. The van der Waals surface area contributed by atoms with E-state index < -0.39 is 5.54 Å². The molecule has 2 heterocycles. The standard InChI is InChI=1S/C14H27N3O2.2ClH/c1-12-4-2-3-8-17(12)9-7-16-13(18)14(15)5-10-19-11-6-14;;/h12H,2-11,15H2,1H3,(H,16,18);2*1H. The Morgan fingerprint density at radius 2 is 2.00 bits per heavy atom. The Morgan fingerprint density at radius 3 is 2.62 bits per heavy atom. The summed E-state index contributed by atoms with van der Waals surface area (Å²) < 4.78 is 5.26. The molecule has 1 unspecified atom stereocenters. The molecule has 0 aromatic carbocycles. The zero-order valence-electron chi connectivity index (χ0n) is 12.8. The quantitative estimate of drug-likeness (QED) is 0.809. The van der Waals surface area contributed by atoms with E-state index in [0.29, 0.717) is 38.6 Å². The average Bonchev–Trinajstić information content (AvgIpc) is 2.41. The second-order valence-corrected chi connectivity index (χ2v) is 5.91. The molecular weight excluding hydrogens is 313 g/mol. The van der Waals surface area contributed by atoms with E-state index in [1.54, 1.807) is 0 Å². The SMILES string of the molecule is CC1CCCCN1CCNC(=O)C1(N)CCOCC1.Cl.Cl. The van der Waals surface area contributed by atoms with Gasteiger partial charge in [-0.1, -0.05) is 6.42 Å². The summed E-state index contributed by atoms with van der Waals surface area (Å²) in [5, 5.41) is 3.00. The summed E-state index contributed by atoms with van der Waals surface area (Å²) >= 11 is 0. The second kappa shape index (κ2) is 9.85. The zero-order chi connectivity index (χ0) is 13.7. The van der Waals surface area contributed by atoms with E-state index in [2.05, 4.69) is 17.1 Å². The predicted molar refractivity (Wildman–Crippen MR) is 89.4 cm³/mol. The summed E-state index contributed by atoms with van der Waals surface area (Å²) in [6, 6.07) is 0.639. The number of likely N-dealkylation sites (tertiary alicyclic amines) is 1. The normalized spacial score (nSPS) is 25.3. The molecule has 2 saturated heterocycles. The number of hydrogen-bond donors (Lipinski definition) is 2. The van der Waals surface area contributed by atoms with Crippen molar-refractivity contribution in [3.8, 4) is 0 Å². The van der Waals surface area contributed by atoms with E-state index in [1.807, 2.05) is 0 Å². The molecule has 7 heteroatoms. The highest BCUT2D eigenvalue weighted by Crippen LogP contribution is 2.18. The monoisotopic (exact) mass is 341 g/mol. The maximum absolute atomic E-state index is 12.1. The van der Waals surface area contributed by atoms with Gasteiger partial charge >= 0.3 is 0 Å². The van der Waals surface area contributed by atoms with E-state index in [9.17, 15) is 4.79 Å². The van der Waals surface area contributed by atoms with Gasteiger partial charge in [0.15, 0.2) is 0 Å². The molecule has 1 amide bonds. The van der Waals surface area contributed by atoms with E-state index >= 15 is 0 Å². The number of carbonyl (C=O) groups excluding carboxylic acids is 1. The van der Waals surface area contributed by atoms with Gasteiger partial charge in [-0.05, 0) is 39.2 Å². The van der Waals surface area contributed by atoms with Gasteiger partial charge in [-0.25, -0.2) is 0 Å². The van der Waals surface area contributed by atoms with Crippen molar-refractivity contribution in [1.29, 1.82) is 0 Å². The first-order valence-electron chi connectivity index (χ1n) is 7.51. The third kappa shape index (κ3) is 5.91. The van der Waals surface area contributed by atoms with Gasteiger partial charge in [0.25, 0.3) is 0 Å². The average molecular weight is 342 g/mol.